The molecule has 90 valence electrons. The molecule has 2 nitrogen and oxygen atoms in total. The Morgan fingerprint density at radius 3 is 2.29 bits per heavy atom. The van der Waals surface area contributed by atoms with Crippen molar-refractivity contribution in [3.05, 3.63) is 34.3 Å². The van der Waals surface area contributed by atoms with Gasteiger partial charge in [-0.15, -0.1) is 0 Å². The highest BCUT2D eigenvalue weighted by Crippen LogP contribution is 2.15. The fourth-order valence-electron chi connectivity index (χ4n) is 1.97. The van der Waals surface area contributed by atoms with Gasteiger partial charge in [-0.25, -0.2) is 0 Å². The van der Waals surface area contributed by atoms with Gasteiger partial charge >= 0.3 is 0 Å². The monoisotopic (exact) mass is 311 g/mol. The van der Waals surface area contributed by atoms with Crippen LogP contribution >= 0.6 is 28.1 Å². The molecule has 1 aliphatic heterocycles. The molecule has 0 N–H and O–H groups in total. The van der Waals surface area contributed by atoms with Crippen molar-refractivity contribution in [1.82, 2.24) is 4.90 Å². The smallest absolute Gasteiger partial charge is 0.220 e. The maximum atomic E-state index is 12.2. The van der Waals surface area contributed by atoms with Gasteiger partial charge in [-0.1, -0.05) is 28.1 Å². The van der Waals surface area contributed by atoms with Crippen molar-refractivity contribution in [2.75, 3.05) is 13.1 Å². The number of Topliss-reactive ketones (excluding diaryl/α,β-unsaturated/α-hetero) is 1. The van der Waals surface area contributed by atoms with E-state index < -0.39 is 0 Å². The predicted octanol–water partition coefficient (Wildman–Crippen LogP) is 3.45. The third-order valence-corrected chi connectivity index (χ3v) is 3.92. The number of benzene rings is 1. The minimum Gasteiger partial charge on any atom is -0.360 e. The van der Waals surface area contributed by atoms with Crippen LogP contribution < -0.4 is 0 Å². The Morgan fingerprint density at radius 2 is 1.71 bits per heavy atom. The van der Waals surface area contributed by atoms with Crippen LogP contribution in [-0.2, 0) is 0 Å². The highest BCUT2D eigenvalue weighted by Gasteiger charge is 2.20. The van der Waals surface area contributed by atoms with Crippen LogP contribution in [0.15, 0.2) is 28.7 Å². The van der Waals surface area contributed by atoms with Crippen molar-refractivity contribution in [2.45, 2.75) is 19.3 Å². The van der Waals surface area contributed by atoms with Crippen molar-refractivity contribution in [2.24, 2.45) is 0 Å². The number of hydrogen-bond donors (Lipinski definition) is 0. The van der Waals surface area contributed by atoms with Gasteiger partial charge in [0.15, 0.2) is 4.99 Å². The number of ketones is 1. The van der Waals surface area contributed by atoms with E-state index in [9.17, 15) is 4.79 Å². The molecular weight excluding hydrogens is 298 g/mol. The zero-order valence-electron chi connectivity index (χ0n) is 9.49. The topological polar surface area (TPSA) is 20.3 Å². The SMILES string of the molecule is O=C(C(=S)N1CCCCC1)c1ccc(Br)cc1. The number of rotatable bonds is 2. The molecule has 1 aromatic carbocycles. The lowest BCUT2D eigenvalue weighted by atomic mass is 10.1. The molecule has 1 aromatic rings. The number of thiocarbonyl (C=S) groups is 1. The van der Waals surface area contributed by atoms with Gasteiger partial charge in [0, 0.05) is 23.1 Å². The number of hydrogen-bond acceptors (Lipinski definition) is 2. The molecule has 0 amide bonds. The minimum absolute atomic E-state index is 0.0330. The summed E-state index contributed by atoms with van der Waals surface area (Å²) in [4.78, 5) is 14.7. The van der Waals surface area contributed by atoms with Crippen LogP contribution in [0.3, 0.4) is 0 Å². The molecule has 1 fully saturated rings. The van der Waals surface area contributed by atoms with E-state index in [0.29, 0.717) is 10.6 Å². The number of likely N-dealkylation sites (tertiary alicyclic amines) is 1. The molecule has 0 bridgehead atoms. The fraction of sp³-hybridized carbons (Fsp3) is 0.385. The number of nitrogens with zero attached hydrogens (tertiary/aromatic N) is 1. The summed E-state index contributed by atoms with van der Waals surface area (Å²) in [5.41, 5.74) is 0.670. The van der Waals surface area contributed by atoms with Crippen molar-refractivity contribution in [3.63, 3.8) is 0 Å². The molecular formula is C13H14BrNOS. The maximum absolute atomic E-state index is 12.2. The summed E-state index contributed by atoms with van der Waals surface area (Å²) in [7, 11) is 0. The van der Waals surface area contributed by atoms with Crippen LogP contribution in [0.25, 0.3) is 0 Å². The fourth-order valence-corrected chi connectivity index (χ4v) is 2.53. The first-order chi connectivity index (χ1) is 8.18. The van der Waals surface area contributed by atoms with Crippen molar-refractivity contribution >= 4 is 38.9 Å². The summed E-state index contributed by atoms with van der Waals surface area (Å²) in [6.45, 7) is 1.84. The Balaban J connectivity index is 2.08. The molecule has 0 atom stereocenters. The lowest BCUT2D eigenvalue weighted by molar-refractivity contribution is 0.105. The van der Waals surface area contributed by atoms with Crippen molar-refractivity contribution in [3.8, 4) is 0 Å². The Hall–Kier alpha value is -0.740. The van der Waals surface area contributed by atoms with E-state index >= 15 is 0 Å². The molecule has 4 heteroatoms. The second-order valence-electron chi connectivity index (χ2n) is 4.19. The molecule has 1 heterocycles. The van der Waals surface area contributed by atoms with Crippen molar-refractivity contribution in [1.29, 1.82) is 0 Å². The average molecular weight is 312 g/mol. The molecule has 0 aromatic heterocycles. The maximum Gasteiger partial charge on any atom is 0.220 e. The molecule has 0 spiro atoms. The number of carbonyl (C=O) groups excluding carboxylic acids is 1. The summed E-state index contributed by atoms with van der Waals surface area (Å²) < 4.78 is 0.970. The summed E-state index contributed by atoms with van der Waals surface area (Å²) in [6, 6.07) is 7.35. The summed E-state index contributed by atoms with van der Waals surface area (Å²) in [5, 5.41) is 0. The highest BCUT2D eigenvalue weighted by atomic mass is 79.9. The van der Waals surface area contributed by atoms with E-state index in [0.717, 1.165) is 30.4 Å². The molecule has 0 unspecified atom stereocenters. The highest BCUT2D eigenvalue weighted by molar-refractivity contribution is 9.10. The Kier molecular flexibility index (Phi) is 4.29. The van der Waals surface area contributed by atoms with E-state index in [2.05, 4.69) is 15.9 Å². The minimum atomic E-state index is -0.0330. The lowest BCUT2D eigenvalue weighted by Crippen LogP contribution is -2.38. The van der Waals surface area contributed by atoms with Gasteiger partial charge in [-0.3, -0.25) is 4.79 Å². The van der Waals surface area contributed by atoms with Crippen LogP contribution in [-0.4, -0.2) is 28.8 Å². The lowest BCUT2D eigenvalue weighted by Gasteiger charge is -2.28. The number of halogens is 1. The summed E-state index contributed by atoms with van der Waals surface area (Å²) in [6.07, 6.45) is 3.51. The molecule has 17 heavy (non-hydrogen) atoms. The zero-order chi connectivity index (χ0) is 12.3. The van der Waals surface area contributed by atoms with Crippen molar-refractivity contribution < 1.29 is 4.79 Å². The first-order valence-corrected chi connectivity index (χ1v) is 6.98. The number of piperidine rings is 1. The van der Waals surface area contributed by atoms with Gasteiger partial charge in [-0.2, -0.15) is 0 Å². The molecule has 1 aliphatic rings. The Labute approximate surface area is 115 Å². The Morgan fingerprint density at radius 1 is 1.12 bits per heavy atom. The van der Waals surface area contributed by atoms with Crippen LogP contribution in [0, 0.1) is 0 Å². The van der Waals surface area contributed by atoms with Crippen LogP contribution in [0.1, 0.15) is 29.6 Å². The number of carbonyl (C=O) groups is 1. The molecule has 0 radical (unpaired) electrons. The second kappa shape index (κ2) is 5.74. The van der Waals surface area contributed by atoms with Gasteiger partial charge in [-0.05, 0) is 43.5 Å². The quantitative estimate of drug-likeness (QED) is 0.616. The van der Waals surface area contributed by atoms with Gasteiger partial charge in [0.05, 0.1) is 0 Å². The van der Waals surface area contributed by atoms with Crippen LogP contribution in [0.4, 0.5) is 0 Å². The van der Waals surface area contributed by atoms with Crippen LogP contribution in [0.2, 0.25) is 0 Å². The van der Waals surface area contributed by atoms with Crippen LogP contribution in [0.5, 0.6) is 0 Å². The molecule has 1 saturated heterocycles. The van der Waals surface area contributed by atoms with Gasteiger partial charge in [0.2, 0.25) is 5.78 Å². The van der Waals surface area contributed by atoms with E-state index in [1.54, 1.807) is 0 Å². The third-order valence-electron chi connectivity index (χ3n) is 2.94. The molecule has 2 rings (SSSR count). The molecule has 0 aliphatic carbocycles. The second-order valence-corrected chi connectivity index (χ2v) is 5.49. The summed E-state index contributed by atoms with van der Waals surface area (Å²) >= 11 is 8.63. The third kappa shape index (κ3) is 3.13. The van der Waals surface area contributed by atoms with E-state index in [1.807, 2.05) is 29.2 Å². The predicted molar refractivity (Wildman–Crippen MR) is 76.5 cm³/mol. The first-order valence-electron chi connectivity index (χ1n) is 5.77. The average Bonchev–Trinajstić information content (AvgIpc) is 2.39. The van der Waals surface area contributed by atoms with E-state index in [4.69, 9.17) is 12.2 Å². The zero-order valence-corrected chi connectivity index (χ0v) is 11.9. The standard InChI is InChI=1S/C13H14BrNOS/c14-11-6-4-10(5-7-11)12(16)13(17)15-8-2-1-3-9-15/h4-7H,1-3,8-9H2. The Bertz CT molecular complexity index is 424. The normalized spacial score (nSPS) is 15.7. The first kappa shape index (κ1) is 12.7. The van der Waals surface area contributed by atoms with Gasteiger partial charge in [0.1, 0.15) is 0 Å². The largest absolute Gasteiger partial charge is 0.360 e. The van der Waals surface area contributed by atoms with E-state index in [-0.39, 0.29) is 5.78 Å². The molecule has 0 saturated carbocycles. The van der Waals surface area contributed by atoms with Gasteiger partial charge in [0.25, 0.3) is 0 Å². The summed E-state index contributed by atoms with van der Waals surface area (Å²) in [5.74, 6) is -0.0330. The van der Waals surface area contributed by atoms with E-state index in [1.165, 1.54) is 6.42 Å². The van der Waals surface area contributed by atoms with Gasteiger partial charge < -0.3 is 4.90 Å².